The second-order valence-corrected chi connectivity index (χ2v) is 9.77. The van der Waals surface area contributed by atoms with Gasteiger partial charge in [0.25, 0.3) is 11.8 Å². The first kappa shape index (κ1) is 24.7. The van der Waals surface area contributed by atoms with Gasteiger partial charge in [-0.15, -0.1) is 0 Å². The van der Waals surface area contributed by atoms with E-state index in [9.17, 15) is 22.8 Å². The lowest BCUT2D eigenvalue weighted by molar-refractivity contribution is -0.0328. The molecular formula is C24H28F3N3O3S. The van der Waals surface area contributed by atoms with Gasteiger partial charge < -0.3 is 19.5 Å². The van der Waals surface area contributed by atoms with Crippen LogP contribution in [0.15, 0.2) is 35.2 Å². The Bertz CT molecular complexity index is 1050. The van der Waals surface area contributed by atoms with Crippen LogP contribution in [0.2, 0.25) is 0 Å². The van der Waals surface area contributed by atoms with Gasteiger partial charge in [0.2, 0.25) is 0 Å². The molecule has 0 radical (unpaired) electrons. The third-order valence-corrected chi connectivity index (χ3v) is 7.15. The van der Waals surface area contributed by atoms with Crippen LogP contribution in [0, 0.1) is 0 Å². The number of ether oxygens (including phenoxy) is 1. The summed E-state index contributed by atoms with van der Waals surface area (Å²) in [7, 11) is 0. The third kappa shape index (κ3) is 5.27. The molecule has 0 bridgehead atoms. The standard InChI is InChI=1S/C24H28F3N3O3S/c1-3-19(16-6-8-17(9-7-16)34-24(25,26)27)28-22(31)18-13-20(30-11-12-33-14-21(18)30)23(32)29-10-4-5-15(29)2/h6-9,13,15,19H,3-5,10-12,14H2,1-2H3,(H,28,31)/t15?,19-/m1/s1. The Balaban J connectivity index is 1.55. The van der Waals surface area contributed by atoms with Gasteiger partial charge >= 0.3 is 5.51 Å². The number of rotatable bonds is 6. The number of nitrogens with zero attached hydrogens (tertiary/aromatic N) is 2. The van der Waals surface area contributed by atoms with Crippen molar-refractivity contribution in [3.05, 3.63) is 52.8 Å². The minimum absolute atomic E-state index is 0.0722. The van der Waals surface area contributed by atoms with Crippen molar-refractivity contribution in [1.29, 1.82) is 0 Å². The fraction of sp³-hybridized carbons (Fsp3) is 0.500. The van der Waals surface area contributed by atoms with Crippen LogP contribution in [0.1, 0.15) is 71.3 Å². The van der Waals surface area contributed by atoms with Crippen molar-refractivity contribution in [2.45, 2.75) is 68.7 Å². The second-order valence-electron chi connectivity index (χ2n) is 8.64. The monoisotopic (exact) mass is 495 g/mol. The smallest absolute Gasteiger partial charge is 0.373 e. The SMILES string of the molecule is CC[C@@H](NC(=O)c1cc(C(=O)N2CCCC2C)n2c1COCC2)c1ccc(SC(F)(F)F)cc1. The maximum atomic E-state index is 13.3. The Kier molecular flexibility index (Phi) is 7.28. The quantitative estimate of drug-likeness (QED) is 0.564. The number of nitrogens with one attached hydrogen (secondary N) is 1. The van der Waals surface area contributed by atoms with Gasteiger partial charge in [-0.25, -0.2) is 0 Å². The molecule has 2 aliphatic rings. The van der Waals surface area contributed by atoms with E-state index < -0.39 is 5.51 Å². The van der Waals surface area contributed by atoms with Gasteiger partial charge in [-0.2, -0.15) is 13.2 Å². The first-order chi connectivity index (χ1) is 16.2. The maximum Gasteiger partial charge on any atom is 0.446 e. The number of halogens is 3. The number of hydrogen-bond donors (Lipinski definition) is 1. The summed E-state index contributed by atoms with van der Waals surface area (Å²) >= 11 is -0.169. The molecule has 1 N–H and O–H groups in total. The van der Waals surface area contributed by atoms with E-state index in [1.165, 1.54) is 12.1 Å². The van der Waals surface area contributed by atoms with Crippen LogP contribution in [0.25, 0.3) is 0 Å². The maximum absolute atomic E-state index is 13.3. The molecule has 6 nitrogen and oxygen atoms in total. The van der Waals surface area contributed by atoms with E-state index in [0.29, 0.717) is 48.6 Å². The Morgan fingerprint density at radius 3 is 2.59 bits per heavy atom. The predicted molar refractivity (Wildman–Crippen MR) is 123 cm³/mol. The first-order valence-electron chi connectivity index (χ1n) is 11.5. The van der Waals surface area contributed by atoms with Gasteiger partial charge in [0, 0.05) is 24.0 Å². The summed E-state index contributed by atoms with van der Waals surface area (Å²) in [6.45, 7) is 5.85. The molecule has 10 heteroatoms. The topological polar surface area (TPSA) is 63.6 Å². The van der Waals surface area contributed by atoms with E-state index in [0.717, 1.165) is 12.8 Å². The van der Waals surface area contributed by atoms with Crippen LogP contribution in [-0.2, 0) is 17.9 Å². The molecule has 0 saturated carbocycles. The van der Waals surface area contributed by atoms with Crippen LogP contribution >= 0.6 is 11.8 Å². The summed E-state index contributed by atoms with van der Waals surface area (Å²) in [6, 6.07) is 7.46. The van der Waals surface area contributed by atoms with E-state index in [1.807, 2.05) is 23.3 Å². The van der Waals surface area contributed by atoms with Gasteiger partial charge in [-0.1, -0.05) is 19.1 Å². The molecular weight excluding hydrogens is 467 g/mol. The molecule has 4 rings (SSSR count). The van der Waals surface area contributed by atoms with Gasteiger partial charge in [0.1, 0.15) is 5.69 Å². The van der Waals surface area contributed by atoms with Gasteiger partial charge in [0.05, 0.1) is 30.5 Å². The van der Waals surface area contributed by atoms with E-state index in [-0.39, 0.29) is 47.2 Å². The summed E-state index contributed by atoms with van der Waals surface area (Å²) in [4.78, 5) is 28.5. The zero-order valence-corrected chi connectivity index (χ0v) is 20.0. The number of hydrogen-bond acceptors (Lipinski definition) is 4. The van der Waals surface area contributed by atoms with Crippen LogP contribution in [-0.4, -0.2) is 46.0 Å². The highest BCUT2D eigenvalue weighted by Crippen LogP contribution is 2.37. The molecule has 1 aromatic carbocycles. The van der Waals surface area contributed by atoms with Crippen LogP contribution in [0.4, 0.5) is 13.2 Å². The van der Waals surface area contributed by atoms with Crippen LogP contribution < -0.4 is 5.32 Å². The van der Waals surface area contributed by atoms with E-state index in [1.54, 1.807) is 18.2 Å². The molecule has 0 aliphatic carbocycles. The Labute approximate surface area is 200 Å². The largest absolute Gasteiger partial charge is 0.446 e. The number of fused-ring (bicyclic) bond motifs is 1. The van der Waals surface area contributed by atoms with E-state index in [2.05, 4.69) is 5.32 Å². The van der Waals surface area contributed by atoms with Gasteiger partial charge in [-0.3, -0.25) is 9.59 Å². The number of carbonyl (C=O) groups is 2. The molecule has 1 unspecified atom stereocenters. The fourth-order valence-electron chi connectivity index (χ4n) is 4.64. The molecule has 2 amide bonds. The van der Waals surface area contributed by atoms with E-state index >= 15 is 0 Å². The Morgan fingerprint density at radius 2 is 1.97 bits per heavy atom. The number of aromatic nitrogens is 1. The highest BCUT2D eigenvalue weighted by atomic mass is 32.2. The molecule has 34 heavy (non-hydrogen) atoms. The average molecular weight is 496 g/mol. The molecule has 1 saturated heterocycles. The number of benzene rings is 1. The Hall–Kier alpha value is -2.46. The highest BCUT2D eigenvalue weighted by molar-refractivity contribution is 8.00. The lowest BCUT2D eigenvalue weighted by Crippen LogP contribution is -2.35. The first-order valence-corrected chi connectivity index (χ1v) is 12.3. The van der Waals surface area contributed by atoms with E-state index in [4.69, 9.17) is 4.74 Å². The molecule has 2 aromatic rings. The molecule has 2 aliphatic heterocycles. The van der Waals surface area contributed by atoms with Crippen molar-refractivity contribution in [2.24, 2.45) is 0 Å². The van der Waals surface area contributed by atoms with Crippen LogP contribution in [0.3, 0.4) is 0 Å². The average Bonchev–Trinajstić information content (AvgIpc) is 3.40. The molecule has 3 heterocycles. The fourth-order valence-corrected chi connectivity index (χ4v) is 5.18. The molecule has 0 spiro atoms. The number of alkyl halides is 3. The second kappa shape index (κ2) is 10.0. The number of likely N-dealkylation sites (tertiary alicyclic amines) is 1. The number of carbonyl (C=O) groups excluding carboxylic acids is 2. The number of amides is 2. The van der Waals surface area contributed by atoms with Gasteiger partial charge in [-0.05, 0) is 61.7 Å². The van der Waals surface area contributed by atoms with Crippen molar-refractivity contribution in [3.8, 4) is 0 Å². The number of thioether (sulfide) groups is 1. The molecule has 184 valence electrons. The van der Waals surface area contributed by atoms with Crippen molar-refractivity contribution in [2.75, 3.05) is 13.2 Å². The molecule has 1 aromatic heterocycles. The lowest BCUT2D eigenvalue weighted by atomic mass is 10.0. The Morgan fingerprint density at radius 1 is 1.24 bits per heavy atom. The summed E-state index contributed by atoms with van der Waals surface area (Å²) in [5.41, 5.74) is -2.06. The van der Waals surface area contributed by atoms with Crippen molar-refractivity contribution >= 4 is 23.6 Å². The summed E-state index contributed by atoms with van der Waals surface area (Å²) in [5, 5.41) is 2.99. The minimum atomic E-state index is -4.35. The van der Waals surface area contributed by atoms with Crippen molar-refractivity contribution in [1.82, 2.24) is 14.8 Å². The van der Waals surface area contributed by atoms with Crippen molar-refractivity contribution in [3.63, 3.8) is 0 Å². The molecule has 1 fully saturated rings. The highest BCUT2D eigenvalue weighted by Gasteiger charge is 2.33. The third-order valence-electron chi connectivity index (χ3n) is 6.41. The summed E-state index contributed by atoms with van der Waals surface area (Å²) in [5.74, 6) is -0.402. The summed E-state index contributed by atoms with van der Waals surface area (Å²) in [6.07, 6.45) is 2.49. The van der Waals surface area contributed by atoms with Gasteiger partial charge in [0.15, 0.2) is 0 Å². The lowest BCUT2D eigenvalue weighted by Gasteiger charge is -2.24. The summed E-state index contributed by atoms with van der Waals surface area (Å²) < 4.78 is 45.3. The normalized spacial score (nSPS) is 19.1. The van der Waals surface area contributed by atoms with Crippen molar-refractivity contribution < 1.29 is 27.5 Å². The molecule has 2 atom stereocenters. The zero-order chi connectivity index (χ0) is 24.5. The van der Waals surface area contributed by atoms with Crippen LogP contribution in [0.5, 0.6) is 0 Å². The minimum Gasteiger partial charge on any atom is -0.373 e. The predicted octanol–water partition coefficient (Wildman–Crippen LogP) is 5.14. The zero-order valence-electron chi connectivity index (χ0n) is 19.2.